The number of para-hydroxylation sites is 2. The quantitative estimate of drug-likeness (QED) is 0.547. The van der Waals surface area contributed by atoms with Gasteiger partial charge in [-0.05, 0) is 24.3 Å². The Morgan fingerprint density at radius 1 is 1.07 bits per heavy atom. The Bertz CT molecular complexity index is 1040. The number of hydrogen-bond donors (Lipinski definition) is 1. The third-order valence-corrected chi connectivity index (χ3v) is 4.91. The lowest BCUT2D eigenvalue weighted by atomic mass is 10.2. The maximum Gasteiger partial charge on any atom is 0.327 e. The summed E-state index contributed by atoms with van der Waals surface area (Å²) in [5.74, 6) is 0.279. The number of fused-ring (bicyclic) bond motifs is 1. The largest absolute Gasteiger partial charge is 0.383 e. The number of anilines is 2. The maximum absolute atomic E-state index is 13.9. The standard InChI is InChI=1S/C19H19FN6O2/c20-14-5-3-7-16(18(14)26(27)28)25-10-8-24(9-11-25)12-17-22-15-6-2-1-4-13(15)19(21)23-17/h1-7H,8-12H2,(H2,21,22,23). The van der Waals surface area contributed by atoms with E-state index in [9.17, 15) is 14.5 Å². The Balaban J connectivity index is 1.47. The second-order valence-electron chi connectivity index (χ2n) is 6.67. The van der Waals surface area contributed by atoms with E-state index in [1.807, 2.05) is 29.2 Å². The predicted molar refractivity (Wildman–Crippen MR) is 104 cm³/mol. The summed E-state index contributed by atoms with van der Waals surface area (Å²) in [6, 6.07) is 11.8. The molecule has 8 nitrogen and oxygen atoms in total. The van der Waals surface area contributed by atoms with Gasteiger partial charge in [0.2, 0.25) is 5.82 Å². The van der Waals surface area contributed by atoms with Crippen LogP contribution in [0.5, 0.6) is 0 Å². The van der Waals surface area contributed by atoms with Crippen molar-refractivity contribution in [3.8, 4) is 0 Å². The zero-order valence-electron chi connectivity index (χ0n) is 15.1. The van der Waals surface area contributed by atoms with Crippen molar-refractivity contribution in [1.29, 1.82) is 0 Å². The second kappa shape index (κ2) is 7.35. The molecule has 144 valence electrons. The van der Waals surface area contributed by atoms with Crippen LogP contribution in [0.15, 0.2) is 42.5 Å². The van der Waals surface area contributed by atoms with Crippen LogP contribution in [0.1, 0.15) is 5.82 Å². The predicted octanol–water partition coefficient (Wildman–Crippen LogP) is 2.58. The number of nitro benzene ring substituents is 1. The summed E-state index contributed by atoms with van der Waals surface area (Å²) >= 11 is 0. The first-order valence-electron chi connectivity index (χ1n) is 8.94. The lowest BCUT2D eigenvalue weighted by Crippen LogP contribution is -2.46. The van der Waals surface area contributed by atoms with Gasteiger partial charge in [-0.15, -0.1) is 0 Å². The van der Waals surface area contributed by atoms with E-state index in [-0.39, 0.29) is 0 Å². The summed E-state index contributed by atoms with van der Waals surface area (Å²) in [4.78, 5) is 23.5. The Morgan fingerprint density at radius 3 is 2.57 bits per heavy atom. The normalized spacial score (nSPS) is 15.1. The van der Waals surface area contributed by atoms with Crippen LogP contribution in [0.25, 0.3) is 10.9 Å². The van der Waals surface area contributed by atoms with Crippen LogP contribution in [0.3, 0.4) is 0 Å². The zero-order valence-corrected chi connectivity index (χ0v) is 15.1. The van der Waals surface area contributed by atoms with Crippen molar-refractivity contribution in [1.82, 2.24) is 14.9 Å². The number of nitrogens with two attached hydrogens (primary N) is 1. The molecule has 2 aromatic carbocycles. The molecule has 1 aliphatic heterocycles. The SMILES string of the molecule is Nc1nc(CN2CCN(c3cccc(F)c3[N+](=O)[O-])CC2)nc2ccccc12. The van der Waals surface area contributed by atoms with Crippen LogP contribution in [-0.2, 0) is 6.54 Å². The number of rotatable bonds is 4. The molecule has 3 aromatic rings. The fraction of sp³-hybridized carbons (Fsp3) is 0.263. The first-order chi connectivity index (χ1) is 13.5. The van der Waals surface area contributed by atoms with E-state index in [1.54, 1.807) is 6.07 Å². The van der Waals surface area contributed by atoms with Crippen LogP contribution in [0.4, 0.5) is 21.6 Å². The lowest BCUT2D eigenvalue weighted by molar-refractivity contribution is -0.386. The highest BCUT2D eigenvalue weighted by Crippen LogP contribution is 2.31. The molecule has 2 heterocycles. The van der Waals surface area contributed by atoms with Gasteiger partial charge in [-0.1, -0.05) is 18.2 Å². The third kappa shape index (κ3) is 3.44. The fourth-order valence-electron chi connectivity index (χ4n) is 3.51. The number of aromatic nitrogens is 2. The molecule has 28 heavy (non-hydrogen) atoms. The van der Waals surface area contributed by atoms with E-state index >= 15 is 0 Å². The van der Waals surface area contributed by atoms with Gasteiger partial charge in [-0.2, -0.15) is 4.39 Å². The highest BCUT2D eigenvalue weighted by molar-refractivity contribution is 5.87. The number of nitro groups is 1. The molecule has 2 N–H and O–H groups in total. The molecule has 0 aliphatic carbocycles. The summed E-state index contributed by atoms with van der Waals surface area (Å²) in [6.07, 6.45) is 0. The molecule has 0 unspecified atom stereocenters. The van der Waals surface area contributed by atoms with Gasteiger partial charge in [-0.25, -0.2) is 9.97 Å². The molecule has 1 aromatic heterocycles. The Morgan fingerprint density at radius 2 is 1.82 bits per heavy atom. The van der Waals surface area contributed by atoms with Crippen LogP contribution >= 0.6 is 0 Å². The molecule has 0 amide bonds. The molecule has 9 heteroatoms. The Kier molecular flexibility index (Phi) is 4.74. The number of nitrogens with zero attached hydrogens (tertiary/aromatic N) is 5. The van der Waals surface area contributed by atoms with E-state index in [4.69, 9.17) is 5.73 Å². The first kappa shape index (κ1) is 18.1. The molecular weight excluding hydrogens is 363 g/mol. The van der Waals surface area contributed by atoms with Gasteiger partial charge in [0.1, 0.15) is 17.3 Å². The molecular formula is C19H19FN6O2. The average molecular weight is 382 g/mol. The summed E-state index contributed by atoms with van der Waals surface area (Å²) in [7, 11) is 0. The zero-order chi connectivity index (χ0) is 19.7. The van der Waals surface area contributed by atoms with Crippen molar-refractivity contribution in [2.45, 2.75) is 6.54 Å². The minimum Gasteiger partial charge on any atom is -0.383 e. The third-order valence-electron chi connectivity index (χ3n) is 4.91. The molecule has 1 saturated heterocycles. The van der Waals surface area contributed by atoms with Gasteiger partial charge < -0.3 is 10.6 Å². The van der Waals surface area contributed by atoms with E-state index in [2.05, 4.69) is 14.9 Å². The smallest absolute Gasteiger partial charge is 0.327 e. The number of halogens is 1. The number of piperazine rings is 1. The van der Waals surface area contributed by atoms with Crippen LogP contribution in [-0.4, -0.2) is 46.0 Å². The molecule has 0 spiro atoms. The highest BCUT2D eigenvalue weighted by atomic mass is 19.1. The van der Waals surface area contributed by atoms with E-state index in [0.717, 1.165) is 17.0 Å². The molecule has 4 rings (SSSR count). The number of hydrogen-bond acceptors (Lipinski definition) is 7. The van der Waals surface area contributed by atoms with E-state index in [1.165, 1.54) is 6.07 Å². The molecule has 0 atom stereocenters. The summed E-state index contributed by atoms with van der Waals surface area (Å²) < 4.78 is 13.9. The van der Waals surface area contributed by atoms with E-state index < -0.39 is 16.4 Å². The molecule has 0 saturated carbocycles. The lowest BCUT2D eigenvalue weighted by Gasteiger charge is -2.35. The molecule has 1 aliphatic rings. The van der Waals surface area contributed by atoms with Crippen LogP contribution < -0.4 is 10.6 Å². The minimum absolute atomic E-state index is 0.316. The Labute approximate surface area is 160 Å². The summed E-state index contributed by atoms with van der Waals surface area (Å²) in [6.45, 7) is 2.95. The highest BCUT2D eigenvalue weighted by Gasteiger charge is 2.27. The van der Waals surface area contributed by atoms with Gasteiger partial charge in [0.15, 0.2) is 0 Å². The van der Waals surface area contributed by atoms with Crippen molar-refractivity contribution in [3.63, 3.8) is 0 Å². The van der Waals surface area contributed by atoms with Gasteiger partial charge in [0.05, 0.1) is 17.0 Å². The molecule has 1 fully saturated rings. The number of benzene rings is 2. The summed E-state index contributed by atoms with van der Waals surface area (Å²) in [5, 5.41) is 12.1. The molecule has 0 bridgehead atoms. The summed E-state index contributed by atoms with van der Waals surface area (Å²) in [5.41, 5.74) is 6.69. The average Bonchev–Trinajstić information content (AvgIpc) is 2.68. The van der Waals surface area contributed by atoms with Crippen molar-refractivity contribution in [2.75, 3.05) is 36.8 Å². The van der Waals surface area contributed by atoms with Crippen LogP contribution in [0, 0.1) is 15.9 Å². The Hall–Kier alpha value is -3.33. The topological polar surface area (TPSA) is 101 Å². The molecule has 0 radical (unpaired) electrons. The first-order valence-corrected chi connectivity index (χ1v) is 8.94. The minimum atomic E-state index is -0.815. The van der Waals surface area contributed by atoms with Gasteiger partial charge in [0, 0.05) is 31.6 Å². The van der Waals surface area contributed by atoms with Crippen LogP contribution in [0.2, 0.25) is 0 Å². The van der Waals surface area contributed by atoms with Crippen molar-refractivity contribution < 1.29 is 9.31 Å². The van der Waals surface area contributed by atoms with E-state index in [0.29, 0.717) is 50.1 Å². The monoisotopic (exact) mass is 382 g/mol. The fourth-order valence-corrected chi connectivity index (χ4v) is 3.51. The van der Waals surface area contributed by atoms with Gasteiger partial charge in [0.25, 0.3) is 0 Å². The van der Waals surface area contributed by atoms with Crippen molar-refractivity contribution >= 4 is 28.1 Å². The van der Waals surface area contributed by atoms with Crippen molar-refractivity contribution in [2.24, 2.45) is 0 Å². The number of nitrogen functional groups attached to an aromatic ring is 1. The van der Waals surface area contributed by atoms with Gasteiger partial charge in [-0.3, -0.25) is 15.0 Å². The second-order valence-corrected chi connectivity index (χ2v) is 6.67. The van der Waals surface area contributed by atoms with Gasteiger partial charge >= 0.3 is 5.69 Å². The maximum atomic E-state index is 13.9. The van der Waals surface area contributed by atoms with Crippen molar-refractivity contribution in [3.05, 3.63) is 64.2 Å².